The highest BCUT2D eigenvalue weighted by Crippen LogP contribution is 2.13. The van der Waals surface area contributed by atoms with Gasteiger partial charge in [0.15, 0.2) is 0 Å². The number of nitrogens with zero attached hydrogens (tertiary/aromatic N) is 3. The van der Waals surface area contributed by atoms with Crippen LogP contribution in [0.5, 0.6) is 0 Å². The summed E-state index contributed by atoms with van der Waals surface area (Å²) in [6.45, 7) is 5.43. The van der Waals surface area contributed by atoms with E-state index < -0.39 is 0 Å². The molecule has 0 spiro atoms. The van der Waals surface area contributed by atoms with E-state index in [-0.39, 0.29) is 18.0 Å². The van der Waals surface area contributed by atoms with E-state index in [0.29, 0.717) is 12.1 Å². The minimum absolute atomic E-state index is 0. The van der Waals surface area contributed by atoms with Crippen LogP contribution < -0.4 is 5.56 Å². The summed E-state index contributed by atoms with van der Waals surface area (Å²) in [6.07, 6.45) is 3.75. The van der Waals surface area contributed by atoms with Gasteiger partial charge >= 0.3 is 0 Å². The van der Waals surface area contributed by atoms with Crippen molar-refractivity contribution in [3.05, 3.63) is 52.9 Å². The Morgan fingerprint density at radius 2 is 1.71 bits per heavy atom. The monoisotopic (exact) mass is 349 g/mol. The summed E-state index contributed by atoms with van der Waals surface area (Å²) in [5.41, 5.74) is 1.65. The van der Waals surface area contributed by atoms with Gasteiger partial charge in [0.1, 0.15) is 0 Å². The fourth-order valence-corrected chi connectivity index (χ4v) is 2.87. The molecule has 3 rings (SSSR count). The maximum absolute atomic E-state index is 12.5. The zero-order valence-corrected chi connectivity index (χ0v) is 14.6. The average molecular weight is 350 g/mol. The lowest BCUT2D eigenvalue weighted by atomic mass is 10.1. The molecule has 24 heavy (non-hydrogen) atoms. The Kier molecular flexibility index (Phi) is 7.43. The molecule has 0 aliphatic carbocycles. The van der Waals surface area contributed by atoms with Gasteiger partial charge in [0.2, 0.25) is 0 Å². The Bertz CT molecular complexity index is 669. The molecule has 0 N–H and O–H groups in total. The molecule has 1 aliphatic heterocycles. The summed E-state index contributed by atoms with van der Waals surface area (Å²) in [5.74, 6) is 0. The van der Waals surface area contributed by atoms with Crippen molar-refractivity contribution in [3.8, 4) is 11.1 Å². The molecule has 6 heteroatoms. The van der Waals surface area contributed by atoms with Gasteiger partial charge in [-0.1, -0.05) is 30.3 Å². The molecule has 1 fully saturated rings. The van der Waals surface area contributed by atoms with Crippen molar-refractivity contribution in [2.45, 2.75) is 19.4 Å². The minimum Gasteiger partial charge on any atom is -0.379 e. The number of benzene rings is 1. The minimum atomic E-state index is -0.00919. The van der Waals surface area contributed by atoms with Crippen LogP contribution in [0.15, 0.2) is 47.4 Å². The lowest BCUT2D eigenvalue weighted by Crippen LogP contribution is -2.37. The first-order valence-electron chi connectivity index (χ1n) is 8.26. The predicted octanol–water partition coefficient (Wildman–Crippen LogP) is 2.44. The molecule has 5 nitrogen and oxygen atoms in total. The van der Waals surface area contributed by atoms with Crippen LogP contribution in [0.2, 0.25) is 0 Å². The van der Waals surface area contributed by atoms with Crippen molar-refractivity contribution in [2.75, 3.05) is 32.8 Å². The normalized spacial score (nSPS) is 15.0. The number of rotatable bonds is 6. The second kappa shape index (κ2) is 9.57. The number of aryl methyl sites for hydroxylation is 1. The number of halogens is 1. The van der Waals surface area contributed by atoms with Gasteiger partial charge in [0.25, 0.3) is 5.56 Å². The Labute approximate surface area is 148 Å². The van der Waals surface area contributed by atoms with Crippen molar-refractivity contribution < 1.29 is 4.74 Å². The summed E-state index contributed by atoms with van der Waals surface area (Å²) in [7, 11) is 0. The van der Waals surface area contributed by atoms with E-state index in [9.17, 15) is 4.79 Å². The van der Waals surface area contributed by atoms with Crippen LogP contribution in [0.25, 0.3) is 11.1 Å². The summed E-state index contributed by atoms with van der Waals surface area (Å²) in [6, 6.07) is 11.6. The molecule has 1 saturated heterocycles. The van der Waals surface area contributed by atoms with E-state index in [1.807, 2.05) is 30.3 Å². The fourth-order valence-electron chi connectivity index (χ4n) is 2.87. The second-order valence-corrected chi connectivity index (χ2v) is 5.80. The van der Waals surface area contributed by atoms with E-state index in [2.05, 4.69) is 10.00 Å². The number of morpholine rings is 1. The van der Waals surface area contributed by atoms with Crippen LogP contribution in [-0.4, -0.2) is 47.5 Å². The summed E-state index contributed by atoms with van der Waals surface area (Å²) >= 11 is 0. The fraction of sp³-hybridized carbons (Fsp3) is 0.444. The Morgan fingerprint density at radius 3 is 2.46 bits per heavy atom. The smallest absolute Gasteiger partial charge is 0.274 e. The molecule has 0 unspecified atom stereocenters. The van der Waals surface area contributed by atoms with E-state index in [1.54, 1.807) is 16.9 Å². The van der Waals surface area contributed by atoms with E-state index >= 15 is 0 Å². The third-order valence-electron chi connectivity index (χ3n) is 4.19. The molecule has 2 heterocycles. The lowest BCUT2D eigenvalue weighted by Gasteiger charge is -2.26. The van der Waals surface area contributed by atoms with Crippen LogP contribution in [0, 0.1) is 0 Å². The van der Waals surface area contributed by atoms with Gasteiger partial charge in [-0.2, -0.15) is 5.10 Å². The molecular formula is C18H24ClN3O2. The Morgan fingerprint density at radius 1 is 1.00 bits per heavy atom. The number of unbranched alkanes of at least 4 members (excludes halogenated alkanes) is 1. The number of ether oxygens (including phenoxy) is 1. The molecule has 1 aliphatic rings. The van der Waals surface area contributed by atoms with Gasteiger partial charge in [-0.05, 0) is 31.0 Å². The first-order chi connectivity index (χ1) is 11.3. The second-order valence-electron chi connectivity index (χ2n) is 5.80. The van der Waals surface area contributed by atoms with Crippen molar-refractivity contribution in [1.82, 2.24) is 14.7 Å². The largest absolute Gasteiger partial charge is 0.379 e. The van der Waals surface area contributed by atoms with Crippen LogP contribution in [0.4, 0.5) is 0 Å². The van der Waals surface area contributed by atoms with Gasteiger partial charge < -0.3 is 4.74 Å². The predicted molar refractivity (Wildman–Crippen MR) is 97.7 cm³/mol. The van der Waals surface area contributed by atoms with Crippen LogP contribution in [0.1, 0.15) is 12.8 Å². The van der Waals surface area contributed by atoms with Crippen LogP contribution in [0.3, 0.4) is 0 Å². The maximum Gasteiger partial charge on any atom is 0.274 e. The highest BCUT2D eigenvalue weighted by molar-refractivity contribution is 5.85. The lowest BCUT2D eigenvalue weighted by molar-refractivity contribution is 0.0370. The summed E-state index contributed by atoms with van der Waals surface area (Å²) in [4.78, 5) is 15.0. The van der Waals surface area contributed by atoms with Crippen molar-refractivity contribution in [2.24, 2.45) is 0 Å². The van der Waals surface area contributed by atoms with E-state index in [1.165, 1.54) is 0 Å². The zero-order chi connectivity index (χ0) is 15.9. The van der Waals surface area contributed by atoms with Gasteiger partial charge in [0, 0.05) is 25.8 Å². The zero-order valence-electron chi connectivity index (χ0n) is 13.8. The number of hydrogen-bond donors (Lipinski definition) is 0. The molecular weight excluding hydrogens is 326 g/mol. The molecule has 1 aromatic heterocycles. The van der Waals surface area contributed by atoms with E-state index in [0.717, 1.165) is 51.3 Å². The van der Waals surface area contributed by atoms with Crippen molar-refractivity contribution in [1.29, 1.82) is 0 Å². The third-order valence-corrected chi connectivity index (χ3v) is 4.19. The van der Waals surface area contributed by atoms with Crippen LogP contribution in [-0.2, 0) is 11.3 Å². The molecule has 130 valence electrons. The molecule has 0 radical (unpaired) electrons. The van der Waals surface area contributed by atoms with E-state index in [4.69, 9.17) is 4.74 Å². The van der Waals surface area contributed by atoms with Gasteiger partial charge in [-0.15, -0.1) is 12.4 Å². The SMILES string of the molecule is Cl.O=c1c(-c2ccccc2)ccnn1CCCCN1CCOCC1. The average Bonchev–Trinajstić information content (AvgIpc) is 2.61. The molecule has 0 atom stereocenters. The molecule has 0 bridgehead atoms. The standard InChI is InChI=1S/C18H23N3O2.ClH/c22-18-17(16-6-2-1-3-7-16)8-9-19-21(18)11-5-4-10-20-12-14-23-15-13-20;/h1-3,6-9H,4-5,10-15H2;1H. The highest BCUT2D eigenvalue weighted by atomic mass is 35.5. The molecule has 0 amide bonds. The maximum atomic E-state index is 12.5. The van der Waals surface area contributed by atoms with Crippen molar-refractivity contribution >= 4 is 12.4 Å². The Hall–Kier alpha value is -1.69. The van der Waals surface area contributed by atoms with Gasteiger partial charge in [-0.25, -0.2) is 4.68 Å². The first kappa shape index (κ1) is 18.6. The van der Waals surface area contributed by atoms with Gasteiger partial charge in [-0.3, -0.25) is 9.69 Å². The molecule has 1 aromatic carbocycles. The van der Waals surface area contributed by atoms with Crippen LogP contribution >= 0.6 is 12.4 Å². The van der Waals surface area contributed by atoms with Crippen molar-refractivity contribution in [3.63, 3.8) is 0 Å². The molecule has 0 saturated carbocycles. The Balaban J connectivity index is 0.00000208. The molecule has 2 aromatic rings. The summed E-state index contributed by atoms with van der Waals surface area (Å²) < 4.78 is 6.93. The topological polar surface area (TPSA) is 47.4 Å². The number of aromatic nitrogens is 2. The highest BCUT2D eigenvalue weighted by Gasteiger charge is 2.10. The quantitative estimate of drug-likeness (QED) is 0.751. The first-order valence-corrected chi connectivity index (χ1v) is 8.26. The van der Waals surface area contributed by atoms with Gasteiger partial charge in [0.05, 0.1) is 18.8 Å². The summed E-state index contributed by atoms with van der Waals surface area (Å²) in [5, 5.41) is 4.22. The number of hydrogen-bond acceptors (Lipinski definition) is 4. The third kappa shape index (κ3) is 4.90.